The van der Waals surface area contributed by atoms with Crippen LogP contribution in [0, 0.1) is 22.0 Å². The standard InChI is InChI=1S/C14H10N2O5/c17-13-11-9-5-6-10(21-9)12(11)14(18)15(13)7-3-1-2-4-8(7)16(19)20/h1-6,9-12H. The number of hydrogen-bond acceptors (Lipinski definition) is 5. The minimum Gasteiger partial charge on any atom is -0.365 e. The average molecular weight is 286 g/mol. The zero-order chi connectivity index (χ0) is 14.7. The Morgan fingerprint density at radius 2 is 1.62 bits per heavy atom. The molecule has 4 rings (SSSR count). The van der Waals surface area contributed by atoms with Gasteiger partial charge in [0.25, 0.3) is 5.69 Å². The van der Waals surface area contributed by atoms with Crippen molar-refractivity contribution in [1.82, 2.24) is 0 Å². The van der Waals surface area contributed by atoms with Crippen molar-refractivity contribution < 1.29 is 19.2 Å². The molecule has 106 valence electrons. The fourth-order valence-electron chi connectivity index (χ4n) is 3.35. The minimum atomic E-state index is -0.590. The second-order valence-corrected chi connectivity index (χ2v) is 5.26. The first-order valence-corrected chi connectivity index (χ1v) is 6.54. The summed E-state index contributed by atoms with van der Waals surface area (Å²) in [7, 11) is 0. The number of ether oxygens (including phenoxy) is 1. The van der Waals surface area contributed by atoms with Crippen LogP contribution in [0.5, 0.6) is 0 Å². The van der Waals surface area contributed by atoms with Crippen molar-refractivity contribution in [2.24, 2.45) is 11.8 Å². The van der Waals surface area contributed by atoms with E-state index < -0.39 is 40.8 Å². The minimum absolute atomic E-state index is 0.0336. The van der Waals surface area contributed by atoms with E-state index in [-0.39, 0.29) is 11.4 Å². The molecule has 0 saturated carbocycles. The highest BCUT2D eigenvalue weighted by molar-refractivity contribution is 6.23. The van der Waals surface area contributed by atoms with Crippen LogP contribution in [0.4, 0.5) is 11.4 Å². The summed E-state index contributed by atoms with van der Waals surface area (Å²) in [6.07, 6.45) is 2.76. The highest BCUT2D eigenvalue weighted by Gasteiger charge is 2.61. The lowest BCUT2D eigenvalue weighted by atomic mass is 9.85. The van der Waals surface area contributed by atoms with E-state index in [0.29, 0.717) is 0 Å². The van der Waals surface area contributed by atoms with Crippen molar-refractivity contribution in [2.45, 2.75) is 12.2 Å². The van der Waals surface area contributed by atoms with Crippen molar-refractivity contribution in [2.75, 3.05) is 4.90 Å². The Balaban J connectivity index is 1.80. The normalized spacial score (nSPS) is 32.9. The first kappa shape index (κ1) is 12.2. The predicted molar refractivity (Wildman–Crippen MR) is 70.4 cm³/mol. The molecule has 0 aromatic heterocycles. The Bertz CT molecular complexity index is 683. The summed E-state index contributed by atoms with van der Waals surface area (Å²) in [6.45, 7) is 0. The number of nitrogens with zero attached hydrogens (tertiary/aromatic N) is 2. The monoisotopic (exact) mass is 286 g/mol. The summed E-state index contributed by atoms with van der Waals surface area (Å²) in [4.78, 5) is 36.5. The third-order valence-electron chi connectivity index (χ3n) is 4.23. The largest absolute Gasteiger partial charge is 0.365 e. The second-order valence-electron chi connectivity index (χ2n) is 5.26. The Kier molecular flexibility index (Phi) is 2.32. The number of hydrogen-bond donors (Lipinski definition) is 0. The van der Waals surface area contributed by atoms with Crippen LogP contribution in [0.15, 0.2) is 36.4 Å². The lowest BCUT2D eigenvalue weighted by Crippen LogP contribution is -2.34. The van der Waals surface area contributed by atoms with Gasteiger partial charge >= 0.3 is 0 Å². The summed E-state index contributed by atoms with van der Waals surface area (Å²) < 4.78 is 5.53. The third-order valence-corrected chi connectivity index (χ3v) is 4.23. The summed E-state index contributed by atoms with van der Waals surface area (Å²) in [5, 5.41) is 11.1. The van der Waals surface area contributed by atoms with Gasteiger partial charge in [-0.3, -0.25) is 19.7 Å². The number of carbonyl (C=O) groups is 2. The first-order valence-electron chi connectivity index (χ1n) is 6.54. The number of amides is 2. The van der Waals surface area contributed by atoms with E-state index in [4.69, 9.17) is 4.74 Å². The highest BCUT2D eigenvalue weighted by atomic mass is 16.6. The molecule has 2 amide bonds. The maximum absolute atomic E-state index is 12.5. The third kappa shape index (κ3) is 1.46. The number of para-hydroxylation sites is 2. The van der Waals surface area contributed by atoms with Gasteiger partial charge in [0.1, 0.15) is 5.69 Å². The molecular weight excluding hydrogens is 276 g/mol. The lowest BCUT2D eigenvalue weighted by molar-refractivity contribution is -0.384. The Morgan fingerprint density at radius 1 is 1.05 bits per heavy atom. The summed E-state index contributed by atoms with van der Waals surface area (Å²) >= 11 is 0. The Hall–Kier alpha value is -2.54. The van der Waals surface area contributed by atoms with Gasteiger partial charge in [-0.25, -0.2) is 4.90 Å². The number of imide groups is 1. The topological polar surface area (TPSA) is 89.8 Å². The molecule has 1 aromatic carbocycles. The molecule has 0 radical (unpaired) electrons. The van der Waals surface area contributed by atoms with E-state index in [2.05, 4.69) is 0 Å². The van der Waals surface area contributed by atoms with Crippen LogP contribution in [0.3, 0.4) is 0 Å². The van der Waals surface area contributed by atoms with E-state index in [9.17, 15) is 19.7 Å². The van der Waals surface area contributed by atoms with E-state index in [1.54, 1.807) is 18.2 Å². The zero-order valence-electron chi connectivity index (χ0n) is 10.7. The molecule has 21 heavy (non-hydrogen) atoms. The Labute approximate surface area is 118 Å². The number of carbonyl (C=O) groups excluding carboxylic acids is 2. The number of nitro benzene ring substituents is 1. The molecule has 2 bridgehead atoms. The first-order chi connectivity index (χ1) is 10.1. The highest BCUT2D eigenvalue weighted by Crippen LogP contribution is 2.47. The molecule has 7 nitrogen and oxygen atoms in total. The molecule has 4 unspecified atom stereocenters. The van der Waals surface area contributed by atoms with Crippen LogP contribution >= 0.6 is 0 Å². The smallest absolute Gasteiger partial charge is 0.293 e. The number of benzene rings is 1. The van der Waals surface area contributed by atoms with Gasteiger partial charge in [0, 0.05) is 6.07 Å². The quantitative estimate of drug-likeness (QED) is 0.350. The summed E-state index contributed by atoms with van der Waals surface area (Å²) in [6, 6.07) is 5.78. The van der Waals surface area contributed by atoms with Gasteiger partial charge in [0.2, 0.25) is 11.8 Å². The number of anilines is 1. The van der Waals surface area contributed by atoms with E-state index in [1.165, 1.54) is 18.2 Å². The number of rotatable bonds is 2. The van der Waals surface area contributed by atoms with Gasteiger partial charge in [-0.15, -0.1) is 0 Å². The molecule has 3 heterocycles. The zero-order valence-corrected chi connectivity index (χ0v) is 10.7. The molecule has 0 aliphatic carbocycles. The molecule has 1 aromatic rings. The average Bonchev–Trinajstić information content (AvgIpc) is 3.13. The van der Waals surface area contributed by atoms with Gasteiger partial charge in [0.05, 0.1) is 29.0 Å². The van der Waals surface area contributed by atoms with Gasteiger partial charge in [-0.2, -0.15) is 0 Å². The van der Waals surface area contributed by atoms with Crippen molar-refractivity contribution in [3.63, 3.8) is 0 Å². The van der Waals surface area contributed by atoms with Gasteiger partial charge < -0.3 is 4.74 Å². The molecule has 0 spiro atoms. The van der Waals surface area contributed by atoms with E-state index in [1.807, 2.05) is 0 Å². The van der Waals surface area contributed by atoms with Gasteiger partial charge in [-0.05, 0) is 6.07 Å². The van der Waals surface area contributed by atoms with Crippen LogP contribution in [0.1, 0.15) is 0 Å². The van der Waals surface area contributed by atoms with E-state index in [0.717, 1.165) is 4.90 Å². The second kappa shape index (κ2) is 3.98. The Morgan fingerprint density at radius 3 is 2.19 bits per heavy atom. The molecule has 0 N–H and O–H groups in total. The summed E-state index contributed by atoms with van der Waals surface area (Å²) in [5.41, 5.74) is -0.216. The van der Waals surface area contributed by atoms with Crippen LogP contribution in [-0.4, -0.2) is 28.9 Å². The molecular formula is C14H10N2O5. The maximum Gasteiger partial charge on any atom is 0.293 e. The van der Waals surface area contributed by atoms with Crippen molar-refractivity contribution >= 4 is 23.2 Å². The van der Waals surface area contributed by atoms with Crippen molar-refractivity contribution in [1.29, 1.82) is 0 Å². The summed E-state index contributed by atoms with van der Waals surface area (Å²) in [5.74, 6) is -1.97. The molecule has 2 fully saturated rings. The maximum atomic E-state index is 12.5. The van der Waals surface area contributed by atoms with Crippen molar-refractivity contribution in [3.8, 4) is 0 Å². The molecule has 7 heteroatoms. The van der Waals surface area contributed by atoms with Gasteiger partial charge in [-0.1, -0.05) is 24.3 Å². The fraction of sp³-hybridized carbons (Fsp3) is 0.286. The number of nitro groups is 1. The SMILES string of the molecule is O=C1C2C3C=CC(O3)C2C(=O)N1c1ccccc1[N+](=O)[O-]. The van der Waals surface area contributed by atoms with Crippen molar-refractivity contribution in [3.05, 3.63) is 46.5 Å². The van der Waals surface area contributed by atoms with Crippen LogP contribution in [0.25, 0.3) is 0 Å². The van der Waals surface area contributed by atoms with Gasteiger partial charge in [0.15, 0.2) is 0 Å². The fourth-order valence-corrected chi connectivity index (χ4v) is 3.35. The van der Waals surface area contributed by atoms with Crippen LogP contribution in [-0.2, 0) is 14.3 Å². The molecule has 3 aliphatic rings. The number of fused-ring (bicyclic) bond motifs is 5. The molecule has 3 aliphatic heterocycles. The predicted octanol–water partition coefficient (Wildman–Crippen LogP) is 1.04. The van der Waals surface area contributed by atoms with Crippen LogP contribution < -0.4 is 4.90 Å². The molecule has 4 atom stereocenters. The van der Waals surface area contributed by atoms with E-state index >= 15 is 0 Å². The van der Waals surface area contributed by atoms with Crippen LogP contribution in [0.2, 0.25) is 0 Å². The lowest BCUT2D eigenvalue weighted by Gasteiger charge is -2.17. The molecule has 2 saturated heterocycles.